The van der Waals surface area contributed by atoms with Crippen LogP contribution in [-0.2, 0) is 121 Å². The minimum Gasteiger partial charge on any atom is -0.462 e. The Kier molecular flexibility index (Phi) is 59.3. The van der Waals surface area contributed by atoms with Crippen molar-refractivity contribution in [3.63, 3.8) is 0 Å². The van der Waals surface area contributed by atoms with Crippen molar-refractivity contribution in [1.82, 2.24) is 21.5 Å². The quantitative estimate of drug-likeness (QED) is 0.0228. The largest absolute Gasteiger partial charge is 0.462 e. The maximum absolute atomic E-state index is 12.3. The van der Waals surface area contributed by atoms with Gasteiger partial charge in [-0.2, -0.15) is 21.5 Å². The van der Waals surface area contributed by atoms with Gasteiger partial charge < -0.3 is 95.5 Å². The Balaban J connectivity index is -0.000000509. The highest BCUT2D eigenvalue weighted by molar-refractivity contribution is 7.89. The molecule has 0 heterocycles. The summed E-state index contributed by atoms with van der Waals surface area (Å²) in [6.45, 7) is 71.1. The molecule has 0 saturated heterocycles. The van der Waals surface area contributed by atoms with Crippen LogP contribution in [0, 0.1) is 33.0 Å². The van der Waals surface area contributed by atoms with Crippen LogP contribution in [0.1, 0.15) is 263 Å². The average Bonchev–Trinajstić information content (AvgIpc) is 0.834. The lowest BCUT2D eigenvalue weighted by Gasteiger charge is -2.38. The number of rotatable bonds is 47. The molecule has 132 heavy (non-hydrogen) atoms. The molecule has 0 saturated carbocycles. The zero-order valence-corrected chi connectivity index (χ0v) is 93.4. The zero-order chi connectivity index (χ0) is 106. The number of carbonyl (C=O) groups excluding carboxylic acids is 4. The van der Waals surface area contributed by atoms with E-state index in [0.717, 1.165) is 18.8 Å². The molecule has 0 bridgehead atoms. The molecule has 0 rings (SSSR count). The van der Waals surface area contributed by atoms with E-state index in [4.69, 9.17) is 85.3 Å². The maximum atomic E-state index is 12.3. The van der Waals surface area contributed by atoms with Crippen LogP contribution in [0.5, 0.6) is 0 Å². The van der Waals surface area contributed by atoms with Gasteiger partial charge >= 0.3 is 23.9 Å². The number of carbonyl (C=O) groups is 4. The second kappa shape index (κ2) is 57.1. The number of ether oxygens (including phenoxy) is 11. The predicted molar refractivity (Wildman–Crippen MR) is 521 cm³/mol. The van der Waals surface area contributed by atoms with Crippen LogP contribution in [0.2, 0.25) is 0 Å². The number of nitrogens with zero attached hydrogens (tertiary/aromatic N) is 5. The average molecular weight is 2010 g/mol. The molecule has 0 aromatic heterocycles. The number of esters is 4. The monoisotopic (exact) mass is 2010 g/mol. The third-order valence-corrected chi connectivity index (χ3v) is 28.6. The third-order valence-electron chi connectivity index (χ3n) is 21.1. The highest BCUT2D eigenvalue weighted by atomic mass is 32.2. The molecule has 0 amide bonds. The van der Waals surface area contributed by atoms with Gasteiger partial charge in [0.1, 0.15) is 81.1 Å². The fourth-order valence-corrected chi connectivity index (χ4v) is 18.0. The number of sulfonamides is 5. The molecule has 12 N–H and O–H groups in total. The number of hydrogen-bond donors (Lipinski definition) is 8. The van der Waals surface area contributed by atoms with Gasteiger partial charge in [-0.15, -0.1) is 0 Å². The first kappa shape index (κ1) is 137. The molecule has 794 valence electrons. The van der Waals surface area contributed by atoms with Crippen molar-refractivity contribution >= 4 is 74.0 Å². The second-order valence-corrected chi connectivity index (χ2v) is 54.5. The molecule has 0 aliphatic rings. The van der Waals surface area contributed by atoms with E-state index in [-0.39, 0.29) is 149 Å². The van der Waals surface area contributed by atoms with Crippen molar-refractivity contribution in [1.29, 1.82) is 0 Å². The van der Waals surface area contributed by atoms with E-state index in [1.807, 2.05) is 194 Å². The van der Waals surface area contributed by atoms with E-state index in [9.17, 15) is 71.5 Å². The second-order valence-electron chi connectivity index (χ2n) is 44.9. The minimum atomic E-state index is -3.51. The van der Waals surface area contributed by atoms with Crippen LogP contribution in [0.3, 0.4) is 0 Å². The van der Waals surface area contributed by atoms with E-state index in [2.05, 4.69) is 0 Å². The van der Waals surface area contributed by atoms with Gasteiger partial charge in [0.25, 0.3) is 0 Å². The summed E-state index contributed by atoms with van der Waals surface area (Å²) in [6.07, 6.45) is -0.210. The lowest BCUT2D eigenvalue weighted by atomic mass is 9.90. The van der Waals surface area contributed by atoms with Crippen molar-refractivity contribution in [2.24, 2.45) is 55.9 Å². The summed E-state index contributed by atoms with van der Waals surface area (Å²) in [4.78, 5) is 47.8. The summed E-state index contributed by atoms with van der Waals surface area (Å²) in [6, 6.07) is -3.92. The third kappa shape index (κ3) is 59.4. The predicted octanol–water partition coefficient (Wildman–Crippen LogP) is 6.86. The number of aliphatic hydroxyl groups is 4. The molecule has 0 unspecified atom stereocenters. The Morgan fingerprint density at radius 1 is 0.295 bits per heavy atom. The van der Waals surface area contributed by atoms with Gasteiger partial charge in [0.05, 0.1) is 107 Å². The van der Waals surface area contributed by atoms with Gasteiger partial charge in [0.2, 0.25) is 50.1 Å². The molecular weight excluding hydrogens is 1820 g/mol. The summed E-state index contributed by atoms with van der Waals surface area (Å²) >= 11 is 0. The molecule has 0 aromatic carbocycles. The maximum Gasteiger partial charge on any atom is 0.325 e. The van der Waals surface area contributed by atoms with Crippen LogP contribution >= 0.6 is 0 Å². The minimum absolute atomic E-state index is 0.0277. The summed E-state index contributed by atoms with van der Waals surface area (Å²) in [5.41, 5.74) is 18.6. The van der Waals surface area contributed by atoms with Crippen LogP contribution in [0.4, 0.5) is 0 Å². The van der Waals surface area contributed by atoms with Gasteiger partial charge in [-0.05, 0) is 178 Å². The molecule has 0 fully saturated rings. The molecule has 0 aliphatic carbocycles. The summed E-state index contributed by atoms with van der Waals surface area (Å²) in [7, 11) is -15.9. The molecular formula is C89H189N9O29S5. The van der Waals surface area contributed by atoms with Gasteiger partial charge in [-0.25, -0.2) is 42.1 Å². The van der Waals surface area contributed by atoms with Gasteiger partial charge in [0.15, 0.2) is 0 Å². The highest BCUT2D eigenvalue weighted by Gasteiger charge is 2.42. The first-order valence-electron chi connectivity index (χ1n) is 44.8. The summed E-state index contributed by atoms with van der Waals surface area (Å²) in [5.74, 6) is -2.69. The molecule has 0 aliphatic heterocycles. The lowest BCUT2D eigenvalue weighted by Crippen LogP contribution is -2.51. The van der Waals surface area contributed by atoms with Gasteiger partial charge in [0, 0.05) is 67.5 Å². The van der Waals surface area contributed by atoms with E-state index >= 15 is 0 Å². The fraction of sp³-hybridized carbons (Fsp3) is 0.955. The van der Waals surface area contributed by atoms with Crippen LogP contribution < -0.4 is 22.9 Å². The molecule has 43 heteroatoms. The Morgan fingerprint density at radius 2 is 0.492 bits per heavy atom. The lowest BCUT2D eigenvalue weighted by molar-refractivity contribution is -0.156. The summed E-state index contributed by atoms with van der Waals surface area (Å²) < 4.78 is 191. The first-order chi connectivity index (χ1) is 58.3. The van der Waals surface area contributed by atoms with Crippen molar-refractivity contribution in [3.05, 3.63) is 0 Å². The van der Waals surface area contributed by atoms with Crippen molar-refractivity contribution in [3.8, 4) is 0 Å². The normalized spacial score (nSPS) is 17.3. The van der Waals surface area contributed by atoms with Gasteiger partial charge in [-0.3, -0.25) is 19.2 Å². The van der Waals surface area contributed by atoms with Crippen LogP contribution in [0.25, 0.3) is 0 Å². The fourth-order valence-electron chi connectivity index (χ4n) is 10.9. The van der Waals surface area contributed by atoms with Crippen molar-refractivity contribution in [2.45, 2.75) is 388 Å². The van der Waals surface area contributed by atoms with Crippen molar-refractivity contribution < 1.29 is 134 Å². The number of nitrogens with two attached hydrogens (primary N) is 4. The Hall–Kier alpha value is -3.17. The molecule has 0 aromatic rings. The topological polar surface area (TPSA) is 542 Å². The Bertz CT molecular complexity index is 3810. The van der Waals surface area contributed by atoms with Crippen molar-refractivity contribution in [2.75, 3.05) is 131 Å². The zero-order valence-electron chi connectivity index (χ0n) is 89.3. The Labute approximate surface area is 799 Å². The standard InChI is InChI=1S/C19H40N2O5S.2C18H38N2O6S.C17H36N2O6S.C17H37NO6S/c1-13(2)16(20)17(22)25-12-15(26-14(3)18(4,5)6)11-21(19(7,8)9)27(10,23)24;1-13(17(2,3)4)26-14(11-25-16(21)15(19)12-24-8)10-20(18(5,6)7)27(9,22)23;1-12(21)15(19)16(22)25-11-14(26-13(2)17(3,4)5)10-20(18(6,7)8)27(9,23)24;1-12(16(2,3)4)25-13(11-24-15(21)14(18)10-20)9-19(17(5,6)7)26(8,22)23;1-13(16(2,3)4)24-15(12-23-11-14(20)10-19)9-18(17(5,6)7)25(8,21)22/h13-16H,11-12,20H2,1-10H3;13-15H,10-12,19H2,1-9H3;12-15,21H,10-11,19H2,1-9H3;12-14,20H,9-11,18H2,1-8H3;13-15,19-20H,9-12H2,1-8H3/t14-,15-,16+;13-,14-,15-;12-,13+,14+,15+;12-,13-,14-;13-,14+,15-/m00100/s1. The first-order valence-corrected chi connectivity index (χ1v) is 54.1. The summed E-state index contributed by atoms with van der Waals surface area (Å²) in [5, 5.41) is 36.6. The van der Waals surface area contributed by atoms with Crippen LogP contribution in [0.15, 0.2) is 0 Å². The molecule has 0 radical (unpaired) electrons. The van der Waals surface area contributed by atoms with E-state index in [0.29, 0.717) is 0 Å². The number of hydrogen-bond acceptors (Lipinski definition) is 33. The molecule has 38 nitrogen and oxygen atoms in total. The molecule has 0 spiro atoms. The van der Waals surface area contributed by atoms with E-state index in [1.54, 1.807) is 62.3 Å². The van der Waals surface area contributed by atoms with Gasteiger partial charge in [-0.1, -0.05) is 118 Å². The van der Waals surface area contributed by atoms with E-state index < -0.39 is 175 Å². The molecule has 16 atom stereocenters. The smallest absolute Gasteiger partial charge is 0.325 e. The number of methoxy groups -OCH3 is 1. The van der Waals surface area contributed by atoms with E-state index in [1.165, 1.54) is 48.1 Å². The Morgan fingerprint density at radius 3 is 0.659 bits per heavy atom. The highest BCUT2D eigenvalue weighted by Crippen LogP contribution is 2.32. The SMILES string of the molecule is CC(C)[C@@H](N)C(=O)OC[C@H](CN(C(C)(C)C)S(C)(=O)=O)O[C@@H](C)C(C)(C)C.COC[C@H](N)C(=O)OC[C@H](CN(C(C)(C)C)S(C)(=O)=O)O[C@@H](C)C(C)(C)C.C[C@H](O[C@H](COC(=O)[C@@H](N)CO)CN(C(C)(C)C)S(C)(=O)=O)C(C)(C)C.C[C@H](O[C@H](COC(=O)[C@@H](N)[C@@H](C)O)CN(C(C)(C)C)S(C)(=O)=O)C(C)(C)C.C[C@H](O[C@H](COC[C@H](O)CO)CN(C(C)(C)C)S(C)(=O)=O)C(C)(C)C. The number of aliphatic hydroxyl groups excluding tert-OH is 4. The van der Waals surface area contributed by atoms with Crippen LogP contribution in [-0.4, -0.2) is 364 Å².